The zero-order valence-electron chi connectivity index (χ0n) is 17.6. The van der Waals surface area contributed by atoms with Crippen molar-refractivity contribution in [1.82, 2.24) is 4.31 Å². The maximum Gasteiger partial charge on any atom is 0.243 e. The van der Waals surface area contributed by atoms with Gasteiger partial charge >= 0.3 is 0 Å². The molecule has 0 saturated carbocycles. The van der Waals surface area contributed by atoms with E-state index in [1.54, 1.807) is 23.1 Å². The SMILES string of the molecule is CCc1cccc(N2C[C@H](C(=O)Nc3cccc(S(=O)(=O)N4CCCC4)c3)CC2=O)c1. The summed E-state index contributed by atoms with van der Waals surface area (Å²) in [4.78, 5) is 27.2. The van der Waals surface area contributed by atoms with Gasteiger partial charge in [0, 0.05) is 37.4 Å². The van der Waals surface area contributed by atoms with E-state index in [2.05, 4.69) is 12.2 Å². The van der Waals surface area contributed by atoms with Crippen molar-refractivity contribution in [3.05, 3.63) is 54.1 Å². The van der Waals surface area contributed by atoms with Crippen molar-refractivity contribution in [1.29, 1.82) is 0 Å². The van der Waals surface area contributed by atoms with Gasteiger partial charge in [-0.1, -0.05) is 25.1 Å². The predicted octanol–water partition coefficient (Wildman–Crippen LogP) is 3.03. The minimum atomic E-state index is -3.56. The van der Waals surface area contributed by atoms with E-state index in [4.69, 9.17) is 0 Å². The zero-order chi connectivity index (χ0) is 22.0. The normalized spacial score (nSPS) is 19.7. The van der Waals surface area contributed by atoms with Crippen molar-refractivity contribution >= 4 is 33.2 Å². The zero-order valence-corrected chi connectivity index (χ0v) is 18.4. The van der Waals surface area contributed by atoms with Gasteiger partial charge in [0.1, 0.15) is 0 Å². The second-order valence-corrected chi connectivity index (χ2v) is 10.00. The standard InChI is InChI=1S/C23H27N3O4S/c1-2-17-7-5-9-20(13-17)26-16-18(14-22(26)27)23(28)24-19-8-6-10-21(15-19)31(29,30)25-11-3-4-12-25/h5-10,13,15,18H,2-4,11-12,14,16H2,1H3,(H,24,28)/t18-/m1/s1. The van der Waals surface area contributed by atoms with E-state index in [1.165, 1.54) is 10.4 Å². The molecule has 0 aromatic heterocycles. The Morgan fingerprint density at radius 2 is 1.84 bits per heavy atom. The van der Waals surface area contributed by atoms with E-state index in [1.807, 2.05) is 24.3 Å². The first-order chi connectivity index (χ1) is 14.9. The maximum atomic E-state index is 12.8. The molecule has 31 heavy (non-hydrogen) atoms. The van der Waals surface area contributed by atoms with Crippen molar-refractivity contribution in [3.8, 4) is 0 Å². The molecule has 0 radical (unpaired) electrons. The molecule has 2 amide bonds. The van der Waals surface area contributed by atoms with Crippen molar-refractivity contribution in [2.24, 2.45) is 5.92 Å². The summed E-state index contributed by atoms with van der Waals surface area (Å²) in [6, 6.07) is 14.1. The molecule has 2 saturated heterocycles. The van der Waals surface area contributed by atoms with Gasteiger partial charge in [0.15, 0.2) is 0 Å². The first-order valence-electron chi connectivity index (χ1n) is 10.7. The van der Waals surface area contributed by atoms with Gasteiger partial charge in [0.2, 0.25) is 21.8 Å². The number of sulfonamides is 1. The highest BCUT2D eigenvalue weighted by Gasteiger charge is 2.35. The van der Waals surface area contributed by atoms with Crippen LogP contribution in [0.25, 0.3) is 0 Å². The Hall–Kier alpha value is -2.71. The lowest BCUT2D eigenvalue weighted by Gasteiger charge is -2.18. The molecule has 0 bridgehead atoms. The third-order valence-corrected chi connectivity index (χ3v) is 7.83. The molecule has 1 N–H and O–H groups in total. The highest BCUT2D eigenvalue weighted by atomic mass is 32.2. The molecule has 2 fully saturated rings. The van der Waals surface area contributed by atoms with Crippen LogP contribution in [0.1, 0.15) is 31.7 Å². The van der Waals surface area contributed by atoms with Gasteiger partial charge in [0.25, 0.3) is 0 Å². The number of nitrogens with zero attached hydrogens (tertiary/aromatic N) is 2. The molecule has 0 spiro atoms. The van der Waals surface area contributed by atoms with Gasteiger partial charge < -0.3 is 10.2 Å². The summed E-state index contributed by atoms with van der Waals surface area (Å²) in [5.74, 6) is -0.853. The maximum absolute atomic E-state index is 12.8. The summed E-state index contributed by atoms with van der Waals surface area (Å²) < 4.78 is 27.0. The van der Waals surface area contributed by atoms with Crippen LogP contribution >= 0.6 is 0 Å². The van der Waals surface area contributed by atoms with Crippen LogP contribution < -0.4 is 10.2 Å². The Morgan fingerprint density at radius 1 is 1.10 bits per heavy atom. The highest BCUT2D eigenvalue weighted by Crippen LogP contribution is 2.28. The lowest BCUT2D eigenvalue weighted by molar-refractivity contribution is -0.122. The summed E-state index contributed by atoms with van der Waals surface area (Å²) >= 11 is 0. The molecule has 2 heterocycles. The van der Waals surface area contributed by atoms with Crippen molar-refractivity contribution in [2.75, 3.05) is 29.9 Å². The molecular formula is C23H27N3O4S. The molecule has 1 atom stereocenters. The summed E-state index contributed by atoms with van der Waals surface area (Å²) in [5, 5.41) is 2.80. The molecule has 7 nitrogen and oxygen atoms in total. The van der Waals surface area contributed by atoms with Crippen LogP contribution in [0.2, 0.25) is 0 Å². The van der Waals surface area contributed by atoms with Gasteiger partial charge in [-0.05, 0) is 55.2 Å². The number of amides is 2. The van der Waals surface area contributed by atoms with E-state index in [-0.39, 0.29) is 23.1 Å². The van der Waals surface area contributed by atoms with Crippen molar-refractivity contribution in [3.63, 3.8) is 0 Å². The smallest absolute Gasteiger partial charge is 0.243 e. The summed E-state index contributed by atoms with van der Waals surface area (Å²) in [7, 11) is -3.56. The van der Waals surface area contributed by atoms with Crippen LogP contribution in [0.4, 0.5) is 11.4 Å². The van der Waals surface area contributed by atoms with Crippen LogP contribution in [0.3, 0.4) is 0 Å². The fourth-order valence-electron chi connectivity index (χ4n) is 4.13. The summed E-state index contributed by atoms with van der Waals surface area (Å²) in [6.45, 7) is 3.42. The molecular weight excluding hydrogens is 414 g/mol. The van der Waals surface area contributed by atoms with Crippen molar-refractivity contribution < 1.29 is 18.0 Å². The number of aryl methyl sites for hydroxylation is 1. The van der Waals surface area contributed by atoms with E-state index in [0.717, 1.165) is 30.5 Å². The van der Waals surface area contributed by atoms with Gasteiger partial charge in [-0.15, -0.1) is 0 Å². The van der Waals surface area contributed by atoms with Gasteiger partial charge in [-0.25, -0.2) is 8.42 Å². The second-order valence-electron chi connectivity index (χ2n) is 8.06. The van der Waals surface area contributed by atoms with Gasteiger partial charge in [-0.2, -0.15) is 4.31 Å². The van der Waals surface area contributed by atoms with Crippen LogP contribution in [-0.4, -0.2) is 44.2 Å². The molecule has 4 rings (SSSR count). The minimum Gasteiger partial charge on any atom is -0.326 e. The minimum absolute atomic E-state index is 0.0845. The number of nitrogens with one attached hydrogen (secondary N) is 1. The number of carbonyl (C=O) groups excluding carboxylic acids is 2. The predicted molar refractivity (Wildman–Crippen MR) is 119 cm³/mol. The lowest BCUT2D eigenvalue weighted by atomic mass is 10.1. The molecule has 2 aliphatic heterocycles. The molecule has 8 heteroatoms. The average molecular weight is 442 g/mol. The largest absolute Gasteiger partial charge is 0.326 e. The number of anilines is 2. The van der Waals surface area contributed by atoms with Crippen molar-refractivity contribution in [2.45, 2.75) is 37.5 Å². The Bertz CT molecular complexity index is 1090. The monoisotopic (exact) mass is 441 g/mol. The number of rotatable bonds is 6. The Labute approximate surface area is 183 Å². The van der Waals surface area contributed by atoms with Gasteiger partial charge in [0.05, 0.1) is 10.8 Å². The molecule has 2 aromatic rings. The van der Waals surface area contributed by atoms with E-state index < -0.39 is 15.9 Å². The van der Waals surface area contributed by atoms with Crippen LogP contribution in [0, 0.1) is 5.92 Å². The third-order valence-electron chi connectivity index (χ3n) is 5.93. The first-order valence-corrected chi connectivity index (χ1v) is 12.1. The third kappa shape index (κ3) is 4.50. The highest BCUT2D eigenvalue weighted by molar-refractivity contribution is 7.89. The van der Waals surface area contributed by atoms with E-state index in [9.17, 15) is 18.0 Å². The molecule has 0 aliphatic carbocycles. The second kappa shape index (κ2) is 8.80. The molecule has 0 unspecified atom stereocenters. The summed E-state index contributed by atoms with van der Waals surface area (Å²) in [5.41, 5.74) is 2.36. The Balaban J connectivity index is 1.46. The Morgan fingerprint density at radius 3 is 2.58 bits per heavy atom. The van der Waals surface area contributed by atoms with Crippen LogP contribution in [0.15, 0.2) is 53.4 Å². The first kappa shape index (κ1) is 21.5. The van der Waals surface area contributed by atoms with E-state index >= 15 is 0 Å². The quantitative estimate of drug-likeness (QED) is 0.747. The topological polar surface area (TPSA) is 86.8 Å². The summed E-state index contributed by atoms with van der Waals surface area (Å²) in [6.07, 6.45) is 2.73. The average Bonchev–Trinajstić information content (AvgIpc) is 3.44. The number of hydrogen-bond donors (Lipinski definition) is 1. The molecule has 164 valence electrons. The lowest BCUT2D eigenvalue weighted by Crippen LogP contribution is -2.29. The molecule has 2 aromatic carbocycles. The fraction of sp³-hybridized carbons (Fsp3) is 0.391. The van der Waals surface area contributed by atoms with Gasteiger partial charge in [-0.3, -0.25) is 9.59 Å². The van der Waals surface area contributed by atoms with Crippen LogP contribution in [0.5, 0.6) is 0 Å². The molecule has 2 aliphatic rings. The number of benzene rings is 2. The Kier molecular flexibility index (Phi) is 6.11. The number of carbonyl (C=O) groups is 2. The number of hydrogen-bond acceptors (Lipinski definition) is 4. The van der Waals surface area contributed by atoms with E-state index in [0.29, 0.717) is 25.3 Å². The fourth-order valence-corrected chi connectivity index (χ4v) is 5.70. The van der Waals surface area contributed by atoms with Crippen LogP contribution in [-0.2, 0) is 26.0 Å².